The lowest BCUT2D eigenvalue weighted by Crippen LogP contribution is -2.30. The van der Waals surface area contributed by atoms with Crippen LogP contribution in [0, 0.1) is 6.92 Å². The van der Waals surface area contributed by atoms with E-state index in [9.17, 15) is 13.2 Å². The maximum Gasteiger partial charge on any atom is 0.248 e. The summed E-state index contributed by atoms with van der Waals surface area (Å²) in [4.78, 5) is 12.4. The first-order chi connectivity index (χ1) is 12.8. The first kappa shape index (κ1) is 21.2. The van der Waals surface area contributed by atoms with E-state index in [-0.39, 0.29) is 10.8 Å². The third kappa shape index (κ3) is 5.42. The van der Waals surface area contributed by atoms with Crippen LogP contribution in [0.2, 0.25) is 5.02 Å². The minimum atomic E-state index is -3.59. The first-order valence-corrected chi connectivity index (χ1v) is 10.4. The zero-order valence-electron chi connectivity index (χ0n) is 15.6. The molecule has 0 saturated heterocycles. The molecule has 27 heavy (non-hydrogen) atoms. The molecule has 0 radical (unpaired) electrons. The summed E-state index contributed by atoms with van der Waals surface area (Å²) in [7, 11) is -3.59. The molecule has 0 aliphatic rings. The van der Waals surface area contributed by atoms with Crippen LogP contribution >= 0.6 is 11.6 Å². The van der Waals surface area contributed by atoms with Gasteiger partial charge in [0.25, 0.3) is 0 Å². The Hall–Kier alpha value is -2.15. The van der Waals surface area contributed by atoms with E-state index in [1.54, 1.807) is 50.3 Å². The summed E-state index contributed by atoms with van der Waals surface area (Å²) in [5, 5.41) is 3.33. The lowest BCUT2D eigenvalue weighted by atomic mass is 10.2. The number of nitrogens with one attached hydrogen (secondary N) is 1. The number of carbonyl (C=O) groups is 1. The molecule has 0 spiro atoms. The Balaban J connectivity index is 2.22. The van der Waals surface area contributed by atoms with Crippen LogP contribution in [0.4, 0.5) is 5.69 Å². The molecule has 2 rings (SSSR count). The molecule has 144 valence electrons. The molecule has 2 aromatic carbocycles. The van der Waals surface area contributed by atoms with Gasteiger partial charge < -0.3 is 5.32 Å². The lowest BCUT2D eigenvalue weighted by molar-refractivity contribution is -0.111. The van der Waals surface area contributed by atoms with Gasteiger partial charge in [0.1, 0.15) is 0 Å². The Morgan fingerprint density at radius 2 is 1.85 bits per heavy atom. The van der Waals surface area contributed by atoms with Gasteiger partial charge in [0.05, 0.1) is 4.90 Å². The number of benzene rings is 2. The van der Waals surface area contributed by atoms with Crippen molar-refractivity contribution in [3.8, 4) is 0 Å². The van der Waals surface area contributed by atoms with E-state index >= 15 is 0 Å². The predicted molar refractivity (Wildman–Crippen MR) is 110 cm³/mol. The molecule has 5 nitrogen and oxygen atoms in total. The van der Waals surface area contributed by atoms with Crippen LogP contribution in [0.1, 0.15) is 25.0 Å². The fourth-order valence-corrected chi connectivity index (χ4v) is 4.25. The number of sulfonamides is 1. The van der Waals surface area contributed by atoms with Crippen LogP contribution in [0.3, 0.4) is 0 Å². The third-order valence-electron chi connectivity index (χ3n) is 4.09. The monoisotopic (exact) mass is 406 g/mol. The normalized spacial score (nSPS) is 11.9. The number of carbonyl (C=O) groups excluding carboxylic acids is 1. The molecule has 0 aliphatic heterocycles. The number of nitrogens with zero attached hydrogens (tertiary/aromatic N) is 1. The topological polar surface area (TPSA) is 66.5 Å². The zero-order chi connectivity index (χ0) is 20.0. The average molecular weight is 407 g/mol. The minimum absolute atomic E-state index is 0.158. The number of anilines is 1. The standard InChI is InChI=1S/C20H23ClN2O3S/c1-4-23(5-2)27(25,26)18-11-9-15(3)19(14-18)22-20(24)12-10-16-7-6-8-17(21)13-16/h6-14H,4-5H2,1-3H3,(H,22,24)/b12-10+. The van der Waals surface area contributed by atoms with Gasteiger partial charge in [0.15, 0.2) is 0 Å². The number of hydrogen-bond donors (Lipinski definition) is 1. The summed E-state index contributed by atoms with van der Waals surface area (Å²) in [6.07, 6.45) is 3.03. The highest BCUT2D eigenvalue weighted by Gasteiger charge is 2.22. The summed E-state index contributed by atoms with van der Waals surface area (Å²) < 4.78 is 26.7. The molecule has 0 aliphatic carbocycles. The third-order valence-corrected chi connectivity index (χ3v) is 6.37. The average Bonchev–Trinajstić information content (AvgIpc) is 2.62. The van der Waals surface area contributed by atoms with Crippen LogP contribution in [0.5, 0.6) is 0 Å². The van der Waals surface area contributed by atoms with Crippen molar-refractivity contribution in [1.82, 2.24) is 4.31 Å². The SMILES string of the molecule is CCN(CC)S(=O)(=O)c1ccc(C)c(NC(=O)/C=C/c2cccc(Cl)c2)c1. The van der Waals surface area contributed by atoms with E-state index in [0.29, 0.717) is 23.8 Å². The van der Waals surface area contributed by atoms with E-state index in [1.807, 2.05) is 13.0 Å². The van der Waals surface area contributed by atoms with Crippen molar-refractivity contribution in [2.75, 3.05) is 18.4 Å². The van der Waals surface area contributed by atoms with E-state index in [1.165, 1.54) is 16.4 Å². The highest BCUT2D eigenvalue weighted by atomic mass is 35.5. The van der Waals surface area contributed by atoms with Crippen molar-refractivity contribution in [2.24, 2.45) is 0 Å². The smallest absolute Gasteiger partial charge is 0.248 e. The Morgan fingerprint density at radius 3 is 2.48 bits per heavy atom. The van der Waals surface area contributed by atoms with Crippen molar-refractivity contribution < 1.29 is 13.2 Å². The van der Waals surface area contributed by atoms with Gasteiger partial charge in [0.2, 0.25) is 15.9 Å². The highest BCUT2D eigenvalue weighted by molar-refractivity contribution is 7.89. The lowest BCUT2D eigenvalue weighted by Gasteiger charge is -2.19. The van der Waals surface area contributed by atoms with Gasteiger partial charge in [-0.25, -0.2) is 8.42 Å². The van der Waals surface area contributed by atoms with Gasteiger partial charge in [-0.1, -0.05) is 43.6 Å². The van der Waals surface area contributed by atoms with Gasteiger partial charge in [-0.3, -0.25) is 4.79 Å². The molecule has 0 heterocycles. The van der Waals surface area contributed by atoms with Crippen LogP contribution in [-0.2, 0) is 14.8 Å². The van der Waals surface area contributed by atoms with E-state index < -0.39 is 10.0 Å². The molecule has 0 fully saturated rings. The van der Waals surface area contributed by atoms with Crippen LogP contribution < -0.4 is 5.32 Å². The molecule has 7 heteroatoms. The van der Waals surface area contributed by atoms with Gasteiger partial charge in [0, 0.05) is 29.9 Å². The van der Waals surface area contributed by atoms with Crippen LogP contribution in [0.15, 0.2) is 53.4 Å². The maximum atomic E-state index is 12.7. The summed E-state index contributed by atoms with van der Waals surface area (Å²) in [5.41, 5.74) is 2.04. The van der Waals surface area contributed by atoms with Gasteiger partial charge in [-0.05, 0) is 48.4 Å². The molecular weight excluding hydrogens is 384 g/mol. The van der Waals surface area contributed by atoms with Gasteiger partial charge in [-0.15, -0.1) is 0 Å². The Kier molecular flexibility index (Phi) is 7.18. The van der Waals surface area contributed by atoms with Crippen molar-refractivity contribution >= 4 is 39.3 Å². The second kappa shape index (κ2) is 9.17. The quantitative estimate of drug-likeness (QED) is 0.696. The van der Waals surface area contributed by atoms with E-state index in [2.05, 4.69) is 5.32 Å². The Labute approximate surface area is 165 Å². The molecular formula is C20H23ClN2O3S. The Morgan fingerprint density at radius 1 is 1.15 bits per heavy atom. The molecule has 0 bridgehead atoms. The summed E-state index contributed by atoms with van der Waals surface area (Å²) in [5.74, 6) is -0.351. The molecule has 0 saturated carbocycles. The molecule has 0 atom stereocenters. The van der Waals surface area contributed by atoms with Crippen LogP contribution in [0.25, 0.3) is 6.08 Å². The maximum absolute atomic E-state index is 12.7. The molecule has 2 aromatic rings. The predicted octanol–water partition coefficient (Wildman–Crippen LogP) is 4.33. The number of rotatable bonds is 7. The number of amides is 1. The summed E-state index contributed by atoms with van der Waals surface area (Å²) in [6.45, 7) is 6.16. The van der Waals surface area contributed by atoms with E-state index in [4.69, 9.17) is 11.6 Å². The summed E-state index contributed by atoms with van der Waals surface area (Å²) in [6, 6.07) is 11.9. The fourth-order valence-electron chi connectivity index (χ4n) is 2.57. The summed E-state index contributed by atoms with van der Waals surface area (Å²) >= 11 is 5.92. The second-order valence-corrected chi connectivity index (χ2v) is 8.32. The Bertz CT molecular complexity index is 951. The van der Waals surface area contributed by atoms with Crippen molar-refractivity contribution in [1.29, 1.82) is 0 Å². The largest absolute Gasteiger partial charge is 0.322 e. The van der Waals surface area contributed by atoms with Crippen molar-refractivity contribution in [3.05, 3.63) is 64.7 Å². The van der Waals surface area contributed by atoms with Crippen molar-refractivity contribution in [3.63, 3.8) is 0 Å². The molecule has 0 aromatic heterocycles. The first-order valence-electron chi connectivity index (χ1n) is 8.63. The van der Waals surface area contributed by atoms with Crippen molar-refractivity contribution in [2.45, 2.75) is 25.7 Å². The van der Waals surface area contributed by atoms with Gasteiger partial charge in [-0.2, -0.15) is 4.31 Å². The number of halogens is 1. The fraction of sp³-hybridized carbons (Fsp3) is 0.250. The zero-order valence-corrected chi connectivity index (χ0v) is 17.1. The number of hydrogen-bond acceptors (Lipinski definition) is 3. The van der Waals surface area contributed by atoms with E-state index in [0.717, 1.165) is 11.1 Å². The number of aryl methyl sites for hydroxylation is 1. The molecule has 1 N–H and O–H groups in total. The molecule has 0 unspecified atom stereocenters. The highest BCUT2D eigenvalue weighted by Crippen LogP contribution is 2.23. The van der Waals surface area contributed by atoms with Crippen LogP contribution in [-0.4, -0.2) is 31.7 Å². The molecule has 1 amide bonds. The van der Waals surface area contributed by atoms with Gasteiger partial charge >= 0.3 is 0 Å². The minimum Gasteiger partial charge on any atom is -0.322 e. The second-order valence-electron chi connectivity index (χ2n) is 5.94.